The Morgan fingerprint density at radius 3 is 2.74 bits per heavy atom. The van der Waals surface area contributed by atoms with Crippen LogP contribution >= 0.6 is 0 Å². The molecule has 0 spiro atoms. The highest BCUT2D eigenvalue weighted by molar-refractivity contribution is 5.85. The summed E-state index contributed by atoms with van der Waals surface area (Å²) in [5.74, 6) is -0.145. The van der Waals surface area contributed by atoms with E-state index >= 15 is 0 Å². The number of ether oxygens (including phenoxy) is 1. The molecule has 19 heavy (non-hydrogen) atoms. The lowest BCUT2D eigenvalue weighted by atomic mass is 10.0. The molecule has 0 aromatic carbocycles. The second kappa shape index (κ2) is 4.85. The number of rotatable bonds is 5. The van der Waals surface area contributed by atoms with Crippen molar-refractivity contribution in [3.63, 3.8) is 0 Å². The fraction of sp³-hybridized carbons (Fsp3) is 0.467. The molecule has 1 amide bonds. The number of hydrogen-bond acceptors (Lipinski definition) is 3. The van der Waals surface area contributed by atoms with Crippen molar-refractivity contribution in [2.75, 3.05) is 7.11 Å². The Bertz CT molecular complexity index is 475. The summed E-state index contributed by atoms with van der Waals surface area (Å²) in [7, 11) is 1.53. The molecule has 2 rings (SSSR count). The van der Waals surface area contributed by atoms with E-state index in [-0.39, 0.29) is 5.91 Å². The minimum Gasteiger partial charge on any atom is -0.369 e. The fourth-order valence-electron chi connectivity index (χ4n) is 1.83. The Morgan fingerprint density at radius 1 is 1.47 bits per heavy atom. The van der Waals surface area contributed by atoms with Crippen LogP contribution < -0.4 is 10.6 Å². The summed E-state index contributed by atoms with van der Waals surface area (Å²) < 4.78 is 5.19. The highest BCUT2D eigenvalue weighted by atomic mass is 16.5. The van der Waals surface area contributed by atoms with Crippen LogP contribution in [-0.2, 0) is 9.53 Å². The fourth-order valence-corrected chi connectivity index (χ4v) is 1.83. The van der Waals surface area contributed by atoms with Crippen molar-refractivity contribution >= 4 is 5.91 Å². The van der Waals surface area contributed by atoms with Gasteiger partial charge in [0.15, 0.2) is 0 Å². The van der Waals surface area contributed by atoms with Gasteiger partial charge in [0.25, 0.3) is 5.91 Å². The first-order chi connectivity index (χ1) is 8.85. The van der Waals surface area contributed by atoms with Gasteiger partial charge < -0.3 is 15.4 Å². The number of amides is 1. The average molecular weight is 261 g/mol. The van der Waals surface area contributed by atoms with Gasteiger partial charge in [-0.05, 0) is 32.9 Å². The lowest BCUT2D eigenvalue weighted by molar-refractivity contribution is -0.141. The molecule has 0 aromatic rings. The maximum absolute atomic E-state index is 12.2. The average Bonchev–Trinajstić information content (AvgIpc) is 3.12. The summed E-state index contributed by atoms with van der Waals surface area (Å²) in [6, 6.07) is 0. The van der Waals surface area contributed by atoms with Gasteiger partial charge in [-0.15, -0.1) is 0 Å². The smallest absolute Gasteiger partial charge is 0.253 e. The highest BCUT2D eigenvalue weighted by Crippen LogP contribution is 2.26. The number of allylic oxidation sites excluding steroid dienone is 4. The van der Waals surface area contributed by atoms with E-state index in [0.29, 0.717) is 0 Å². The number of hydrogen-bond donors (Lipinski definition) is 2. The normalized spacial score (nSPS) is 25.3. The van der Waals surface area contributed by atoms with Gasteiger partial charge in [0.2, 0.25) is 0 Å². The van der Waals surface area contributed by atoms with Gasteiger partial charge in [-0.1, -0.05) is 17.7 Å². The third kappa shape index (κ3) is 3.47. The number of methoxy groups -OCH3 is 1. The Kier molecular flexibility index (Phi) is 3.54. The van der Waals surface area contributed by atoms with Crippen LogP contribution in [-0.4, -0.2) is 24.3 Å². The molecule has 0 aromatic heterocycles. The summed E-state index contributed by atoms with van der Waals surface area (Å²) in [5, 5.41) is 6.33. The SMILES string of the molecule is COC(C)(C)C(=O)NC1(C)C=CC=C(CC2=C[CH]2)N1. The Balaban J connectivity index is 1.99. The highest BCUT2D eigenvalue weighted by Gasteiger charge is 2.34. The zero-order valence-corrected chi connectivity index (χ0v) is 11.9. The van der Waals surface area contributed by atoms with E-state index in [1.165, 1.54) is 12.7 Å². The van der Waals surface area contributed by atoms with Gasteiger partial charge in [-0.2, -0.15) is 0 Å². The molecular formula is C15H21N2O2. The lowest BCUT2D eigenvalue weighted by Crippen LogP contribution is -2.60. The molecule has 1 atom stereocenters. The van der Waals surface area contributed by atoms with Crippen LogP contribution in [0.2, 0.25) is 0 Å². The number of dihydropyridines is 1. The second-order valence-electron chi connectivity index (χ2n) is 5.63. The van der Waals surface area contributed by atoms with Crippen molar-refractivity contribution < 1.29 is 9.53 Å². The van der Waals surface area contributed by atoms with E-state index in [1.807, 2.05) is 25.2 Å². The Labute approximate surface area is 114 Å². The van der Waals surface area contributed by atoms with Gasteiger partial charge in [-0.25, -0.2) is 0 Å². The molecule has 103 valence electrons. The maximum atomic E-state index is 12.2. The van der Waals surface area contributed by atoms with Crippen molar-refractivity contribution in [2.24, 2.45) is 0 Å². The van der Waals surface area contributed by atoms with Gasteiger partial charge in [0.05, 0.1) is 0 Å². The molecule has 1 heterocycles. The predicted molar refractivity (Wildman–Crippen MR) is 75.0 cm³/mol. The van der Waals surface area contributed by atoms with Crippen LogP contribution in [0.5, 0.6) is 0 Å². The van der Waals surface area contributed by atoms with Crippen LogP contribution in [0.4, 0.5) is 0 Å². The summed E-state index contributed by atoms with van der Waals surface area (Å²) in [4.78, 5) is 12.2. The zero-order chi connectivity index (χ0) is 14.1. The van der Waals surface area contributed by atoms with Crippen LogP contribution in [0.1, 0.15) is 27.2 Å². The number of nitrogens with one attached hydrogen (secondary N) is 2. The number of carbonyl (C=O) groups is 1. The summed E-state index contributed by atoms with van der Waals surface area (Å²) in [6.07, 6.45) is 11.0. The first-order valence-corrected chi connectivity index (χ1v) is 6.43. The van der Waals surface area contributed by atoms with E-state index in [1.54, 1.807) is 13.8 Å². The Hall–Kier alpha value is -1.55. The molecule has 2 N–H and O–H groups in total. The first kappa shape index (κ1) is 13.9. The third-order valence-corrected chi connectivity index (χ3v) is 3.37. The minimum atomic E-state index is -0.841. The van der Waals surface area contributed by atoms with Crippen molar-refractivity contribution in [1.29, 1.82) is 0 Å². The summed E-state index contributed by atoms with van der Waals surface area (Å²) in [5.41, 5.74) is 1.000. The number of carbonyl (C=O) groups excluding carboxylic acids is 1. The molecule has 1 unspecified atom stereocenters. The Morgan fingerprint density at radius 2 is 2.16 bits per heavy atom. The molecule has 4 nitrogen and oxygen atoms in total. The molecule has 0 fully saturated rings. The van der Waals surface area contributed by atoms with Crippen LogP contribution in [0.3, 0.4) is 0 Å². The van der Waals surface area contributed by atoms with E-state index in [2.05, 4.69) is 23.1 Å². The predicted octanol–water partition coefficient (Wildman–Crippen LogP) is 1.82. The van der Waals surface area contributed by atoms with Crippen LogP contribution in [0, 0.1) is 6.42 Å². The topological polar surface area (TPSA) is 50.4 Å². The van der Waals surface area contributed by atoms with E-state index < -0.39 is 11.3 Å². The second-order valence-corrected chi connectivity index (χ2v) is 5.63. The monoisotopic (exact) mass is 261 g/mol. The molecule has 1 aliphatic heterocycles. The van der Waals surface area contributed by atoms with Gasteiger partial charge >= 0.3 is 0 Å². The third-order valence-electron chi connectivity index (χ3n) is 3.37. The lowest BCUT2D eigenvalue weighted by Gasteiger charge is -2.36. The first-order valence-electron chi connectivity index (χ1n) is 6.43. The molecule has 0 bridgehead atoms. The van der Waals surface area contributed by atoms with Gasteiger partial charge in [0.1, 0.15) is 11.3 Å². The summed E-state index contributed by atoms with van der Waals surface area (Å²) >= 11 is 0. The minimum absolute atomic E-state index is 0.145. The largest absolute Gasteiger partial charge is 0.369 e. The molecule has 4 heteroatoms. The molecular weight excluding hydrogens is 240 g/mol. The molecule has 1 radical (unpaired) electrons. The van der Waals surface area contributed by atoms with Crippen molar-refractivity contribution in [3.05, 3.63) is 42.0 Å². The van der Waals surface area contributed by atoms with Gasteiger partial charge in [0, 0.05) is 25.6 Å². The van der Waals surface area contributed by atoms with Gasteiger partial charge in [-0.3, -0.25) is 4.79 Å². The summed E-state index contributed by atoms with van der Waals surface area (Å²) in [6.45, 7) is 5.43. The van der Waals surface area contributed by atoms with Crippen molar-refractivity contribution in [2.45, 2.75) is 38.5 Å². The standard InChI is InChI=1S/C15H21N2O2/c1-14(2,19-4)13(18)17-15(3)9-5-6-12(16-15)10-11-7-8-11/h5-9,16H,10H2,1-4H3,(H,17,18). The molecule has 0 saturated heterocycles. The van der Waals surface area contributed by atoms with Crippen molar-refractivity contribution in [1.82, 2.24) is 10.6 Å². The molecule has 0 saturated carbocycles. The van der Waals surface area contributed by atoms with E-state index in [9.17, 15) is 4.79 Å². The maximum Gasteiger partial charge on any atom is 0.253 e. The van der Waals surface area contributed by atoms with Crippen molar-refractivity contribution in [3.8, 4) is 0 Å². The van der Waals surface area contributed by atoms with E-state index in [0.717, 1.165) is 12.1 Å². The zero-order valence-electron chi connectivity index (χ0n) is 11.9. The quantitative estimate of drug-likeness (QED) is 0.793. The molecule has 1 aliphatic carbocycles. The van der Waals surface area contributed by atoms with Crippen LogP contribution in [0.25, 0.3) is 0 Å². The van der Waals surface area contributed by atoms with E-state index in [4.69, 9.17) is 4.74 Å². The molecule has 2 aliphatic rings. The van der Waals surface area contributed by atoms with Crippen LogP contribution in [0.15, 0.2) is 35.6 Å².